The fourth-order valence-corrected chi connectivity index (χ4v) is 13.2. The first-order chi connectivity index (χ1) is 46.5. The smallest absolute Gasteiger partial charge is 0.331 e. The fourth-order valence-electron chi connectivity index (χ4n) is 13.2. The second-order valence-electron chi connectivity index (χ2n) is 24.6. The fraction of sp³-hybridized carbons (Fsp3) is 0.351. The van der Waals surface area contributed by atoms with Gasteiger partial charge in [-0.05, 0) is 253 Å². The van der Waals surface area contributed by atoms with Gasteiger partial charge in [-0.25, -0.2) is 29.5 Å². The van der Waals surface area contributed by atoms with Crippen molar-refractivity contribution in [2.75, 3.05) is 41.7 Å². The molecule has 20 heteroatoms. The number of H-pyrrole nitrogens is 4. The minimum absolute atomic E-state index is 0.0946. The van der Waals surface area contributed by atoms with Gasteiger partial charge in [-0.1, -0.05) is 0 Å². The minimum Gasteiger partial charge on any atom is -0.469 e. The Kier molecular flexibility index (Phi) is 21.5. The lowest BCUT2D eigenvalue weighted by molar-refractivity contribution is -0.141. The van der Waals surface area contributed by atoms with Gasteiger partial charge < -0.3 is 48.4 Å². The quantitative estimate of drug-likeness (QED) is 0.0279. The molecule has 0 atom stereocenters. The van der Waals surface area contributed by atoms with Crippen LogP contribution >= 0.6 is 0 Å². The molecule has 0 unspecified atom stereocenters. The van der Waals surface area contributed by atoms with Gasteiger partial charge >= 0.3 is 35.8 Å². The number of aromatic nitrogens is 8. The molecular weight excluding hydrogens is 1230 g/mol. The van der Waals surface area contributed by atoms with Crippen molar-refractivity contribution in [2.24, 2.45) is 0 Å². The number of nitrogens with one attached hydrogen (secondary N) is 4. The topological polar surface area (TPSA) is 273 Å². The molecule has 0 saturated carbocycles. The van der Waals surface area contributed by atoms with Gasteiger partial charge in [0.1, 0.15) is 0 Å². The molecule has 0 amide bonds. The maximum atomic E-state index is 14.1. The van der Waals surface area contributed by atoms with Crippen LogP contribution in [0, 0.1) is 27.7 Å². The first kappa shape index (κ1) is 69.3. The third-order valence-corrected chi connectivity index (χ3v) is 18.5. The van der Waals surface area contributed by atoms with Crippen molar-refractivity contribution in [3.63, 3.8) is 0 Å². The van der Waals surface area contributed by atoms with E-state index in [1.54, 1.807) is 26.0 Å². The summed E-state index contributed by atoms with van der Waals surface area (Å²) in [6, 6.07) is 20.0. The van der Waals surface area contributed by atoms with Gasteiger partial charge in [0.05, 0.1) is 87.2 Å². The van der Waals surface area contributed by atoms with Crippen molar-refractivity contribution < 1.29 is 57.2 Å². The second-order valence-corrected chi connectivity index (χ2v) is 24.6. The van der Waals surface area contributed by atoms with E-state index in [0.29, 0.717) is 101 Å². The largest absolute Gasteiger partial charge is 0.469 e. The van der Waals surface area contributed by atoms with Gasteiger partial charge in [0.15, 0.2) is 0 Å². The molecule has 0 spiro atoms. The van der Waals surface area contributed by atoms with Crippen molar-refractivity contribution in [2.45, 2.75) is 140 Å². The number of carbonyl (C=O) groups excluding carboxylic acids is 6. The van der Waals surface area contributed by atoms with Crippen molar-refractivity contribution >= 4 is 136 Å². The SMILES string of the molecule is CCOC(=O)/C=C(/CCC/C(=C/C(=O)OCC)c1c(C)c2cc3cc(C)c(cc4nc(cc5nc(cc1[nH]2)C(C)=C5CCC(=O)OC)C(CCC(=O)OC)=C4C)[nH]3)c1c(C)c2cc3cc(C)c(cc4nc(cc5nc(cc1[nH]2)C(C)=C5CCC(=O)OC)C(CCC(=O)OC)=C4C)[nH]3. The molecule has 504 valence electrons. The van der Waals surface area contributed by atoms with Gasteiger partial charge in [-0.15, -0.1) is 0 Å². The number of hydrogen-bond donors (Lipinski definition) is 4. The number of fused-ring (bicyclic) bond motifs is 16. The summed E-state index contributed by atoms with van der Waals surface area (Å²) in [7, 11) is 5.47. The highest BCUT2D eigenvalue weighted by Crippen LogP contribution is 2.43. The molecule has 0 radical (unpaired) electrons. The molecule has 97 heavy (non-hydrogen) atoms. The van der Waals surface area contributed by atoms with Gasteiger partial charge in [0, 0.05) is 93.1 Å². The van der Waals surface area contributed by atoms with Crippen molar-refractivity contribution in [3.8, 4) is 0 Å². The number of allylic oxidation sites excluding steroid dienone is 10. The summed E-state index contributed by atoms with van der Waals surface area (Å²) < 4.78 is 31.7. The van der Waals surface area contributed by atoms with E-state index in [1.807, 2.05) is 104 Å². The Morgan fingerprint density at radius 1 is 0.361 bits per heavy atom. The lowest BCUT2D eigenvalue weighted by Gasteiger charge is -2.12. The van der Waals surface area contributed by atoms with Crippen molar-refractivity contribution in [3.05, 3.63) is 152 Å². The Balaban J connectivity index is 1.16. The van der Waals surface area contributed by atoms with Gasteiger partial charge in [-0.2, -0.15) is 0 Å². The van der Waals surface area contributed by atoms with E-state index >= 15 is 0 Å². The summed E-state index contributed by atoms with van der Waals surface area (Å²) in [6.45, 7) is 19.8. The zero-order valence-electron chi connectivity index (χ0n) is 57.8. The summed E-state index contributed by atoms with van der Waals surface area (Å²) in [6.07, 6.45) is 6.00. The molecule has 16 bridgehead atoms. The van der Waals surface area contributed by atoms with E-state index in [0.717, 1.165) is 122 Å². The molecular formula is C77H84N8O12. The zero-order chi connectivity index (χ0) is 69.5. The molecule has 4 N–H and O–H groups in total. The lowest BCUT2D eigenvalue weighted by Crippen LogP contribution is -2.03. The molecule has 0 aliphatic carbocycles. The monoisotopic (exact) mass is 1310 g/mol. The van der Waals surface area contributed by atoms with E-state index in [9.17, 15) is 28.8 Å². The van der Waals surface area contributed by atoms with Gasteiger partial charge in [-0.3, -0.25) is 19.2 Å². The first-order valence-corrected chi connectivity index (χ1v) is 32.8. The Morgan fingerprint density at radius 2 is 0.660 bits per heavy atom. The summed E-state index contributed by atoms with van der Waals surface area (Å²) >= 11 is 0. The van der Waals surface area contributed by atoms with Crippen LogP contribution in [-0.2, 0) is 57.2 Å². The highest BCUT2D eigenvalue weighted by Gasteiger charge is 2.27. The van der Waals surface area contributed by atoms with Crippen LogP contribution in [0.1, 0.15) is 191 Å². The molecule has 20 nitrogen and oxygen atoms in total. The number of aryl methyl sites for hydroxylation is 4. The van der Waals surface area contributed by atoms with E-state index in [-0.39, 0.29) is 62.8 Å². The maximum Gasteiger partial charge on any atom is 0.331 e. The van der Waals surface area contributed by atoms with Crippen LogP contribution in [0.5, 0.6) is 0 Å². The van der Waals surface area contributed by atoms with Crippen LogP contribution in [0.4, 0.5) is 0 Å². The normalized spacial score (nSPS) is 13.4. The third-order valence-electron chi connectivity index (χ3n) is 18.5. The number of ether oxygens (including phenoxy) is 6. The molecule has 0 saturated heterocycles. The average Bonchev–Trinajstić information content (AvgIpc) is 1.63. The molecule has 4 aliphatic heterocycles. The Labute approximate surface area is 563 Å². The standard InChI is InChI=1S/C77H84N8O12/c1-15-96-74(90)30-48(76-46(9)58-32-50-28-40(3)56(78-50)34-60-42(5)52(20-24-70(86)92-11)64(80-60)38-66-54(22-26-72(88)94-13)44(7)62(82-66)36-68(76)84-58)18-17-19-49(31-75(91)97-16-2)77-47(10)59-33-51-29-41(4)57(79-51)35-61-43(6)53(21-25-71(87)93-12)65(81-61)39-67-55(23-27-73(89)95-14)45(8)63(83-67)37-69(77)85-59/h28-39,78-79,84-85H,15-27H2,1-14H3/b48-30-,49-31-,50-32?,51-33?,56-34?,57-35?,58-32?,59-33?,60-34?,61-35?,62-36?,63-37?,64-38?,65-39?,66-38?,67-39?,68-36?,69-37?. The molecule has 4 aliphatic rings. The van der Waals surface area contributed by atoms with Crippen LogP contribution in [-0.4, -0.2) is 117 Å². The predicted molar refractivity (Wildman–Crippen MR) is 379 cm³/mol. The van der Waals surface area contributed by atoms with Crippen LogP contribution in [0.2, 0.25) is 0 Å². The number of hydrogen-bond acceptors (Lipinski definition) is 16. The molecule has 0 aromatic carbocycles. The van der Waals surface area contributed by atoms with Crippen LogP contribution in [0.3, 0.4) is 0 Å². The van der Waals surface area contributed by atoms with E-state index in [2.05, 4.69) is 32.1 Å². The molecule has 10 heterocycles. The molecule has 0 fully saturated rings. The number of aromatic amines is 4. The van der Waals surface area contributed by atoms with Crippen molar-refractivity contribution in [1.82, 2.24) is 39.9 Å². The maximum absolute atomic E-state index is 14.1. The van der Waals surface area contributed by atoms with Crippen molar-refractivity contribution in [1.29, 1.82) is 0 Å². The predicted octanol–water partition coefficient (Wildman–Crippen LogP) is 15.5. The summed E-state index contributed by atoms with van der Waals surface area (Å²) in [5, 5.41) is 0. The lowest BCUT2D eigenvalue weighted by atomic mass is 9.92. The summed E-state index contributed by atoms with van der Waals surface area (Å²) in [4.78, 5) is 115. The van der Waals surface area contributed by atoms with Crippen LogP contribution in [0.15, 0.2) is 72.8 Å². The molecule has 6 aromatic heterocycles. The minimum atomic E-state index is -0.531. The zero-order valence-corrected chi connectivity index (χ0v) is 57.8. The Morgan fingerprint density at radius 3 is 0.948 bits per heavy atom. The van der Waals surface area contributed by atoms with E-state index in [4.69, 9.17) is 48.4 Å². The van der Waals surface area contributed by atoms with Crippen LogP contribution in [0.25, 0.3) is 99.9 Å². The Bertz CT molecular complexity index is 4500. The van der Waals surface area contributed by atoms with E-state index < -0.39 is 11.9 Å². The summed E-state index contributed by atoms with van der Waals surface area (Å²) in [5.74, 6) is -2.50. The number of carbonyl (C=O) groups is 6. The van der Waals surface area contributed by atoms with E-state index in [1.165, 1.54) is 28.4 Å². The highest BCUT2D eigenvalue weighted by atomic mass is 16.5. The van der Waals surface area contributed by atoms with Gasteiger partial charge in [0.2, 0.25) is 0 Å². The number of methoxy groups -OCH3 is 4. The van der Waals surface area contributed by atoms with Crippen LogP contribution < -0.4 is 0 Å². The molecule has 10 rings (SSSR count). The number of nitrogens with zero attached hydrogens (tertiary/aromatic N) is 4. The number of esters is 6. The first-order valence-electron chi connectivity index (χ1n) is 32.8. The summed E-state index contributed by atoms with van der Waals surface area (Å²) in [5.41, 5.74) is 24.7. The van der Waals surface area contributed by atoms with Gasteiger partial charge in [0.25, 0.3) is 0 Å². The third kappa shape index (κ3) is 15.3. The molecule has 6 aromatic rings. The average molecular weight is 1310 g/mol. The number of rotatable bonds is 22. The highest BCUT2D eigenvalue weighted by molar-refractivity contribution is 6.02. The second kappa shape index (κ2) is 30.1. The Hall–Kier alpha value is -10.5.